The minimum Gasteiger partial charge on any atom is -0.477 e. The minimum atomic E-state index is -3.41. The van der Waals surface area contributed by atoms with E-state index >= 15 is 0 Å². The van der Waals surface area contributed by atoms with Crippen molar-refractivity contribution < 1.29 is 149 Å². The molecule has 1 aliphatic carbocycles. The predicted molar refractivity (Wildman–Crippen MR) is 387 cm³/mol. The smallest absolute Gasteiger partial charge is 0.364 e. The van der Waals surface area contributed by atoms with Gasteiger partial charge >= 0.3 is 11.9 Å². The molecule has 632 valence electrons. The van der Waals surface area contributed by atoms with Crippen molar-refractivity contribution in [3.8, 4) is 0 Å². The van der Waals surface area contributed by atoms with Gasteiger partial charge in [-0.3, -0.25) is 14.4 Å². The molecule has 108 heavy (non-hydrogen) atoms. The third kappa shape index (κ3) is 30.6. The normalized spacial score (nSPS) is 31.5. The van der Waals surface area contributed by atoms with Gasteiger partial charge in [-0.15, -0.1) is 0 Å². The van der Waals surface area contributed by atoms with Gasteiger partial charge in [0.2, 0.25) is 17.7 Å². The van der Waals surface area contributed by atoms with Crippen LogP contribution in [0.1, 0.15) is 247 Å². The summed E-state index contributed by atoms with van der Waals surface area (Å²) in [5, 5.41) is 206. The molecule has 0 spiro atoms. The molecule has 4 aliphatic rings. The van der Waals surface area contributed by atoms with Gasteiger partial charge in [-0.2, -0.15) is 0 Å². The van der Waals surface area contributed by atoms with E-state index in [-0.39, 0.29) is 19.3 Å². The maximum Gasteiger partial charge on any atom is 0.364 e. The number of unbranched alkanes of at least 4 members (excludes halogenated alkanes) is 24. The highest BCUT2D eigenvalue weighted by Gasteiger charge is 2.63. The highest BCUT2D eigenvalue weighted by atomic mass is 16.8. The van der Waals surface area contributed by atoms with E-state index < -0.39 is 233 Å². The summed E-state index contributed by atoms with van der Waals surface area (Å²) in [6, 6.07) is -5.53. The Morgan fingerprint density at radius 3 is 1.55 bits per heavy atom. The van der Waals surface area contributed by atoms with Crippen molar-refractivity contribution in [2.24, 2.45) is 11.8 Å². The molecule has 4 rings (SSSR count). The standard InChI is InChI=1S/C75H137N3O30/c1-6-8-9-10-11-12-13-14-15-16-17-18-19-20-21-22-23-24-25-28-32-35-49(84)70(97)77-47(60(89)48(83)34-31-29-26-27-30-33-44(3)7-2)42-102-71-67(96)66(95)63(92)55(105-71)43-103-74(72(98)99)38-53(58(76-46(5)82)69(107-74)61(90)51(86)39-79)106-75(73(100)101)37-50(85)57(78-56(87)41-81)68(108-75)64(93)54(40-80)104-52-36-45(4)59(88)65(94)62(52)91/h44-45,47-55,57-69,71,79-81,83-86,88-96H,6-43H2,1-5H3,(H,76,82)(H,77,97)(H,78,87)(H,98,99)(H,100,101)/t44?,45-,47+,48-,49-,50+,51?,52-,53+,54?,55-,57-,58-,59-,60+,61?,62-,63-,64?,65-,66+,67-,68-,69-,71-,74-,75-/m1/s1. The fourth-order valence-electron chi connectivity index (χ4n) is 14.8. The van der Waals surface area contributed by atoms with E-state index in [1.165, 1.54) is 103 Å². The molecule has 0 bridgehead atoms. The molecule has 33 nitrogen and oxygen atoms in total. The molecule has 0 aromatic heterocycles. The largest absolute Gasteiger partial charge is 0.477 e. The average molecular weight is 1560 g/mol. The molecule has 1 saturated carbocycles. The number of carbonyl (C=O) groups excluding carboxylic acids is 3. The Kier molecular flexibility index (Phi) is 45.4. The second-order valence-electron chi connectivity index (χ2n) is 30.8. The first-order valence-corrected chi connectivity index (χ1v) is 40.0. The van der Waals surface area contributed by atoms with Crippen molar-refractivity contribution in [1.29, 1.82) is 0 Å². The van der Waals surface area contributed by atoms with Crippen molar-refractivity contribution in [2.45, 2.75) is 398 Å². The monoisotopic (exact) mass is 1560 g/mol. The third-order valence-electron chi connectivity index (χ3n) is 21.9. The van der Waals surface area contributed by atoms with Crippen LogP contribution in [0.2, 0.25) is 0 Å². The van der Waals surface area contributed by atoms with Crippen LogP contribution >= 0.6 is 0 Å². The van der Waals surface area contributed by atoms with Crippen LogP contribution in [0.25, 0.3) is 0 Å². The topological polar surface area (TPSA) is 550 Å². The van der Waals surface area contributed by atoms with E-state index in [1.54, 1.807) is 0 Å². The first-order valence-electron chi connectivity index (χ1n) is 40.0. The number of rotatable bonds is 56. The van der Waals surface area contributed by atoms with Crippen LogP contribution < -0.4 is 16.0 Å². The molecular weight excluding hydrogens is 1420 g/mol. The van der Waals surface area contributed by atoms with Crippen molar-refractivity contribution in [3.63, 3.8) is 0 Å². The number of carboxylic acid groups (broad SMARTS) is 2. The number of hydrogen-bond donors (Lipinski definition) is 21. The van der Waals surface area contributed by atoms with Gasteiger partial charge in [0, 0.05) is 19.8 Å². The van der Waals surface area contributed by atoms with Crippen LogP contribution in [0.5, 0.6) is 0 Å². The van der Waals surface area contributed by atoms with Gasteiger partial charge in [-0.25, -0.2) is 9.59 Å². The Balaban J connectivity index is 1.54. The minimum absolute atomic E-state index is 0.0554. The van der Waals surface area contributed by atoms with Crippen LogP contribution in [-0.2, 0) is 57.1 Å². The average Bonchev–Trinajstić information content (AvgIpc) is 0.741. The molecule has 5 unspecified atom stereocenters. The highest BCUT2D eigenvalue weighted by molar-refractivity contribution is 5.81. The lowest BCUT2D eigenvalue weighted by Crippen LogP contribution is -2.72. The Morgan fingerprint density at radius 1 is 0.546 bits per heavy atom. The predicted octanol–water partition coefficient (Wildman–Crippen LogP) is 0.585. The summed E-state index contributed by atoms with van der Waals surface area (Å²) in [6.07, 6.45) is -12.0. The molecule has 3 amide bonds. The quantitative estimate of drug-likeness (QED) is 0.0370. The Hall–Kier alpha value is -3.57. The molecular formula is C75H137N3O30. The molecule has 3 aliphatic heterocycles. The molecule has 0 aromatic carbocycles. The molecule has 4 fully saturated rings. The van der Waals surface area contributed by atoms with Gasteiger partial charge in [0.15, 0.2) is 6.29 Å². The van der Waals surface area contributed by atoms with E-state index in [1.807, 2.05) is 0 Å². The van der Waals surface area contributed by atoms with Gasteiger partial charge in [0.1, 0.15) is 92.1 Å². The lowest BCUT2D eigenvalue weighted by molar-refractivity contribution is -0.366. The van der Waals surface area contributed by atoms with Crippen LogP contribution in [0.4, 0.5) is 0 Å². The number of amides is 3. The van der Waals surface area contributed by atoms with Crippen molar-refractivity contribution in [2.75, 3.05) is 33.0 Å². The van der Waals surface area contributed by atoms with Gasteiger partial charge in [-0.1, -0.05) is 207 Å². The number of nitrogens with one attached hydrogen (secondary N) is 3. The number of carbonyl (C=O) groups is 5. The summed E-state index contributed by atoms with van der Waals surface area (Å²) >= 11 is 0. The van der Waals surface area contributed by atoms with Gasteiger partial charge < -0.3 is 141 Å². The summed E-state index contributed by atoms with van der Waals surface area (Å²) in [4.78, 5) is 67.2. The maximum atomic E-state index is 13.9. The van der Waals surface area contributed by atoms with Crippen LogP contribution in [0, 0.1) is 11.8 Å². The van der Waals surface area contributed by atoms with Gasteiger partial charge in [0.05, 0.1) is 75.1 Å². The lowest BCUT2D eigenvalue weighted by atomic mass is 9.81. The second-order valence-corrected chi connectivity index (χ2v) is 30.8. The zero-order chi connectivity index (χ0) is 80.3. The van der Waals surface area contributed by atoms with Crippen LogP contribution in [0.15, 0.2) is 0 Å². The highest BCUT2D eigenvalue weighted by Crippen LogP contribution is 2.42. The number of aliphatic hydroxyl groups excluding tert-OH is 16. The molecule has 33 heteroatoms. The van der Waals surface area contributed by atoms with E-state index in [0.717, 1.165) is 71.1 Å². The zero-order valence-corrected chi connectivity index (χ0v) is 64.3. The number of aliphatic hydroxyl groups is 16. The fourth-order valence-corrected chi connectivity index (χ4v) is 14.8. The number of ether oxygens (including phenoxy) is 7. The van der Waals surface area contributed by atoms with Gasteiger partial charge in [0.25, 0.3) is 11.6 Å². The Bertz CT molecular complexity index is 2520. The molecule has 3 saturated heterocycles. The van der Waals surface area contributed by atoms with E-state index in [2.05, 4.69) is 36.7 Å². The molecule has 27 atom stereocenters. The van der Waals surface area contributed by atoms with E-state index in [0.29, 0.717) is 25.2 Å². The molecule has 0 aromatic rings. The summed E-state index contributed by atoms with van der Waals surface area (Å²) in [6.45, 7) is 3.18. The third-order valence-corrected chi connectivity index (χ3v) is 21.9. The molecule has 3 heterocycles. The number of carboxylic acids is 2. The lowest BCUT2D eigenvalue weighted by Gasteiger charge is -2.52. The van der Waals surface area contributed by atoms with E-state index in [4.69, 9.17) is 33.2 Å². The van der Waals surface area contributed by atoms with Gasteiger partial charge in [-0.05, 0) is 31.1 Å². The summed E-state index contributed by atoms with van der Waals surface area (Å²) in [5.41, 5.74) is 0. The first kappa shape index (κ1) is 96.8. The second kappa shape index (κ2) is 50.6. The van der Waals surface area contributed by atoms with Crippen LogP contribution in [-0.4, -0.2) is 307 Å². The first-order chi connectivity index (χ1) is 51.4. The summed E-state index contributed by atoms with van der Waals surface area (Å²) in [5.74, 6) is -14.5. The van der Waals surface area contributed by atoms with Crippen molar-refractivity contribution >= 4 is 29.7 Å². The van der Waals surface area contributed by atoms with Crippen LogP contribution in [0.3, 0.4) is 0 Å². The summed E-state index contributed by atoms with van der Waals surface area (Å²) < 4.78 is 41.5. The number of hydrogen-bond acceptors (Lipinski definition) is 28. The van der Waals surface area contributed by atoms with E-state index in [9.17, 15) is 116 Å². The molecule has 21 N–H and O–H groups in total. The maximum absolute atomic E-state index is 13.9. The Labute approximate surface area is 635 Å². The van der Waals surface area contributed by atoms with Crippen molar-refractivity contribution in [3.05, 3.63) is 0 Å². The van der Waals surface area contributed by atoms with Crippen molar-refractivity contribution in [1.82, 2.24) is 16.0 Å². The number of aliphatic carboxylic acids is 2. The summed E-state index contributed by atoms with van der Waals surface area (Å²) in [7, 11) is 0. The SMILES string of the molecule is CCCCCCCCCCCCCCCCCCCCCCC[C@@H](O)C(=O)N[C@@H](CO[C@@H]1O[C@H](CO[C@]2(C(=O)O)C[C@H](O[C@]3(C(=O)O)C[C@H](O)[C@@H](NC(=O)CO)[C@H](C(O)C(CO)O[C@@H]4C[C@@H](C)[C@@H](O)[C@@H](O)[C@@H]4O)O3)[C@@H](NC(C)=O)[C@H](C(O)C(O)CO)O2)[C@@H](O)[C@H](O)[C@H]1O)[C@H](O)[C@H](O)CCCCCCCC(C)CC. The zero-order valence-electron chi connectivity index (χ0n) is 64.3. The molecule has 0 radical (unpaired) electrons. The fraction of sp³-hybridized carbons (Fsp3) is 0.933. The Morgan fingerprint density at radius 2 is 1.05 bits per heavy atom.